The van der Waals surface area contributed by atoms with Gasteiger partial charge in [-0.3, -0.25) is 9.13 Å². The van der Waals surface area contributed by atoms with Crippen molar-refractivity contribution < 1.29 is 14.6 Å². The number of carboxylic acid groups (broad SMARTS) is 1. The lowest BCUT2D eigenvalue weighted by Crippen LogP contribution is -2.24. The number of benzene rings is 2. The van der Waals surface area contributed by atoms with Gasteiger partial charge in [-0.15, -0.1) is 0 Å². The lowest BCUT2D eigenvalue weighted by Gasteiger charge is -2.03. The number of aromatic nitrogens is 2. The lowest BCUT2D eigenvalue weighted by molar-refractivity contribution is 0.0697. The van der Waals surface area contributed by atoms with Gasteiger partial charge in [0.2, 0.25) is 0 Å². The summed E-state index contributed by atoms with van der Waals surface area (Å²) in [6.45, 7) is 0.891. The van der Waals surface area contributed by atoms with E-state index in [1.54, 1.807) is 28.4 Å². The molecule has 0 aliphatic rings. The Bertz CT molecular complexity index is 906. The molecule has 1 N–H and O–H groups in total. The van der Waals surface area contributed by atoms with Gasteiger partial charge in [0, 0.05) is 7.11 Å². The van der Waals surface area contributed by atoms with Gasteiger partial charge < -0.3 is 9.84 Å². The Labute approximate surface area is 132 Å². The zero-order valence-corrected chi connectivity index (χ0v) is 12.6. The number of fused-ring (bicyclic) bond motifs is 1. The number of carboxylic acids is 1. The number of aromatic carboxylic acids is 1. The van der Waals surface area contributed by atoms with E-state index in [-0.39, 0.29) is 11.3 Å². The smallest absolute Gasteiger partial charge is 0.335 e. The van der Waals surface area contributed by atoms with Crippen LogP contribution in [0, 0.1) is 0 Å². The minimum atomic E-state index is -0.994. The third kappa shape index (κ3) is 2.64. The Hall–Kier alpha value is -2.86. The molecule has 0 spiro atoms. The van der Waals surface area contributed by atoms with Gasteiger partial charge in [0.15, 0.2) is 0 Å². The molecule has 118 valence electrons. The Balaban J connectivity index is 2.19. The number of para-hydroxylation sites is 2. The molecule has 0 saturated carbocycles. The van der Waals surface area contributed by atoms with Crippen molar-refractivity contribution in [3.63, 3.8) is 0 Å². The Kier molecular flexibility index (Phi) is 3.99. The van der Waals surface area contributed by atoms with Crippen molar-refractivity contribution in [2.45, 2.75) is 6.54 Å². The highest BCUT2D eigenvalue weighted by molar-refractivity contribution is 5.88. The van der Waals surface area contributed by atoms with Crippen molar-refractivity contribution in [2.24, 2.45) is 0 Å². The predicted octanol–water partition coefficient (Wildman–Crippen LogP) is 2.14. The molecule has 0 saturated heterocycles. The summed E-state index contributed by atoms with van der Waals surface area (Å²) >= 11 is 0. The molecule has 1 aromatic heterocycles. The molecule has 0 aliphatic carbocycles. The molecular formula is C17H16N2O4. The fourth-order valence-electron chi connectivity index (χ4n) is 2.61. The first-order chi connectivity index (χ1) is 11.1. The first-order valence-corrected chi connectivity index (χ1v) is 7.16. The lowest BCUT2D eigenvalue weighted by atomic mass is 10.2. The summed E-state index contributed by atoms with van der Waals surface area (Å²) in [6.07, 6.45) is 0. The SMILES string of the molecule is COCCn1c(=O)n(-c2ccc(C(=O)O)cc2)c2ccccc21. The topological polar surface area (TPSA) is 73.5 Å². The maximum Gasteiger partial charge on any atom is 0.335 e. The van der Waals surface area contributed by atoms with E-state index in [2.05, 4.69) is 0 Å². The van der Waals surface area contributed by atoms with E-state index in [1.165, 1.54) is 12.1 Å². The molecule has 23 heavy (non-hydrogen) atoms. The van der Waals surface area contributed by atoms with E-state index in [0.29, 0.717) is 18.8 Å². The van der Waals surface area contributed by atoms with Gasteiger partial charge in [0.1, 0.15) is 0 Å². The summed E-state index contributed by atoms with van der Waals surface area (Å²) in [5.74, 6) is -0.994. The number of hydrogen-bond acceptors (Lipinski definition) is 3. The molecule has 0 aliphatic heterocycles. The van der Waals surface area contributed by atoms with Crippen molar-refractivity contribution in [3.05, 3.63) is 64.6 Å². The zero-order valence-electron chi connectivity index (χ0n) is 12.6. The third-order valence-electron chi connectivity index (χ3n) is 3.73. The highest BCUT2D eigenvalue weighted by atomic mass is 16.5. The molecule has 1 heterocycles. The second kappa shape index (κ2) is 6.10. The van der Waals surface area contributed by atoms with Gasteiger partial charge >= 0.3 is 11.7 Å². The fraction of sp³-hybridized carbons (Fsp3) is 0.176. The average molecular weight is 312 g/mol. The standard InChI is InChI=1S/C17H16N2O4/c1-23-11-10-18-14-4-2-3-5-15(14)19(17(18)22)13-8-6-12(7-9-13)16(20)21/h2-9H,10-11H2,1H3,(H,20,21). The van der Waals surface area contributed by atoms with Gasteiger partial charge in [-0.05, 0) is 36.4 Å². The maximum absolute atomic E-state index is 12.8. The van der Waals surface area contributed by atoms with Crippen LogP contribution in [-0.2, 0) is 11.3 Å². The van der Waals surface area contributed by atoms with Crippen LogP contribution in [0.4, 0.5) is 0 Å². The molecule has 3 aromatic rings. The molecule has 0 atom stereocenters. The van der Waals surface area contributed by atoms with Gasteiger partial charge in [-0.1, -0.05) is 12.1 Å². The molecule has 2 aromatic carbocycles. The van der Waals surface area contributed by atoms with Crippen molar-refractivity contribution in [1.82, 2.24) is 9.13 Å². The summed E-state index contributed by atoms with van der Waals surface area (Å²) in [5.41, 5.74) is 2.23. The monoisotopic (exact) mass is 312 g/mol. The van der Waals surface area contributed by atoms with Crippen LogP contribution < -0.4 is 5.69 Å². The molecular weight excluding hydrogens is 296 g/mol. The first kappa shape index (κ1) is 15.1. The number of imidazole rings is 1. The van der Waals surface area contributed by atoms with Crippen LogP contribution in [0.1, 0.15) is 10.4 Å². The van der Waals surface area contributed by atoms with Crippen molar-refractivity contribution in [3.8, 4) is 5.69 Å². The predicted molar refractivity (Wildman–Crippen MR) is 86.4 cm³/mol. The highest BCUT2D eigenvalue weighted by Crippen LogP contribution is 2.18. The van der Waals surface area contributed by atoms with E-state index in [1.807, 2.05) is 24.3 Å². The molecule has 0 fully saturated rings. The summed E-state index contributed by atoms with van der Waals surface area (Å²) in [7, 11) is 1.59. The number of methoxy groups -OCH3 is 1. The van der Waals surface area contributed by atoms with Crippen LogP contribution in [0.3, 0.4) is 0 Å². The van der Waals surface area contributed by atoms with Crippen LogP contribution >= 0.6 is 0 Å². The van der Waals surface area contributed by atoms with E-state index >= 15 is 0 Å². The van der Waals surface area contributed by atoms with E-state index in [9.17, 15) is 9.59 Å². The summed E-state index contributed by atoms with van der Waals surface area (Å²) < 4.78 is 8.31. The van der Waals surface area contributed by atoms with Gasteiger partial charge in [-0.2, -0.15) is 0 Å². The minimum absolute atomic E-state index is 0.175. The summed E-state index contributed by atoms with van der Waals surface area (Å²) in [4.78, 5) is 23.7. The second-order valence-electron chi connectivity index (χ2n) is 5.10. The molecule has 6 heteroatoms. The van der Waals surface area contributed by atoms with Gasteiger partial charge in [0.05, 0.1) is 35.4 Å². The Morgan fingerprint density at radius 1 is 1.09 bits per heavy atom. The average Bonchev–Trinajstić information content (AvgIpc) is 2.84. The van der Waals surface area contributed by atoms with Crippen LogP contribution in [0.25, 0.3) is 16.7 Å². The highest BCUT2D eigenvalue weighted by Gasteiger charge is 2.14. The Morgan fingerprint density at radius 3 is 2.35 bits per heavy atom. The van der Waals surface area contributed by atoms with Crippen molar-refractivity contribution >= 4 is 17.0 Å². The molecule has 0 radical (unpaired) electrons. The molecule has 0 unspecified atom stereocenters. The molecule has 0 bridgehead atoms. The number of nitrogens with zero attached hydrogens (tertiary/aromatic N) is 2. The van der Waals surface area contributed by atoms with Crippen LogP contribution in [0.2, 0.25) is 0 Å². The van der Waals surface area contributed by atoms with Gasteiger partial charge in [0.25, 0.3) is 0 Å². The van der Waals surface area contributed by atoms with Gasteiger partial charge in [-0.25, -0.2) is 9.59 Å². The quantitative estimate of drug-likeness (QED) is 0.783. The van der Waals surface area contributed by atoms with Crippen molar-refractivity contribution in [2.75, 3.05) is 13.7 Å². The minimum Gasteiger partial charge on any atom is -0.478 e. The number of carbonyl (C=O) groups is 1. The second-order valence-corrected chi connectivity index (χ2v) is 5.10. The van der Waals surface area contributed by atoms with E-state index < -0.39 is 5.97 Å². The number of rotatable bonds is 5. The molecule has 3 rings (SSSR count). The van der Waals surface area contributed by atoms with Crippen LogP contribution in [0.5, 0.6) is 0 Å². The van der Waals surface area contributed by atoms with E-state index in [0.717, 1.165) is 11.0 Å². The molecule has 0 amide bonds. The summed E-state index contributed by atoms with van der Waals surface area (Å²) in [6, 6.07) is 13.7. The zero-order chi connectivity index (χ0) is 16.4. The first-order valence-electron chi connectivity index (χ1n) is 7.16. The van der Waals surface area contributed by atoms with Crippen LogP contribution in [0.15, 0.2) is 53.3 Å². The third-order valence-corrected chi connectivity index (χ3v) is 3.73. The van der Waals surface area contributed by atoms with Crippen molar-refractivity contribution in [1.29, 1.82) is 0 Å². The molecule has 6 nitrogen and oxygen atoms in total. The van der Waals surface area contributed by atoms with Crippen LogP contribution in [-0.4, -0.2) is 33.9 Å². The maximum atomic E-state index is 12.8. The number of hydrogen-bond donors (Lipinski definition) is 1. The Morgan fingerprint density at radius 2 is 1.74 bits per heavy atom. The summed E-state index contributed by atoms with van der Waals surface area (Å²) in [5, 5.41) is 8.99. The number of ether oxygens (including phenoxy) is 1. The largest absolute Gasteiger partial charge is 0.478 e. The fourth-order valence-corrected chi connectivity index (χ4v) is 2.61. The van der Waals surface area contributed by atoms with E-state index in [4.69, 9.17) is 9.84 Å². The normalized spacial score (nSPS) is 11.0.